The van der Waals surface area contributed by atoms with Gasteiger partial charge >= 0.3 is 5.97 Å². The van der Waals surface area contributed by atoms with Gasteiger partial charge in [0.15, 0.2) is 6.10 Å². The first-order chi connectivity index (χ1) is 18.1. The van der Waals surface area contributed by atoms with Crippen LogP contribution in [0.5, 0.6) is 0 Å². The second-order valence-corrected chi connectivity index (χ2v) is 10.7. The van der Waals surface area contributed by atoms with Crippen LogP contribution in [-0.4, -0.2) is 44.1 Å². The van der Waals surface area contributed by atoms with Gasteiger partial charge in [0, 0.05) is 16.9 Å². The van der Waals surface area contributed by atoms with Crippen LogP contribution in [0.4, 0.5) is 0 Å². The van der Waals surface area contributed by atoms with Crippen LogP contribution in [-0.2, 0) is 14.3 Å². The van der Waals surface area contributed by atoms with E-state index in [1.54, 1.807) is 0 Å². The van der Waals surface area contributed by atoms with Crippen LogP contribution in [0, 0.1) is 0 Å². The number of esters is 1. The Balaban J connectivity index is 1.41. The number of aromatic nitrogens is 2. The summed E-state index contributed by atoms with van der Waals surface area (Å²) in [5.41, 5.74) is 9.51. The molecule has 2 atom stereocenters. The summed E-state index contributed by atoms with van der Waals surface area (Å²) in [6.45, 7) is 0. The van der Waals surface area contributed by atoms with Gasteiger partial charge in [0.1, 0.15) is 27.1 Å². The van der Waals surface area contributed by atoms with E-state index < -0.39 is 18.1 Å². The monoisotopic (exact) mass is 526 g/mol. The third-order valence-electron chi connectivity index (χ3n) is 6.34. The van der Waals surface area contributed by atoms with Crippen molar-refractivity contribution in [1.29, 1.82) is 0 Å². The van der Waals surface area contributed by atoms with E-state index in [-0.39, 0.29) is 17.0 Å². The second-order valence-electron chi connectivity index (χ2n) is 8.65. The van der Waals surface area contributed by atoms with Gasteiger partial charge in [0.25, 0.3) is 0 Å². The molecule has 0 spiro atoms. The number of nitrogens with zero attached hydrogens (tertiary/aromatic N) is 3. The van der Waals surface area contributed by atoms with Crippen LogP contribution in [0.2, 0.25) is 0 Å². The third-order valence-corrected chi connectivity index (χ3v) is 8.67. The van der Waals surface area contributed by atoms with Crippen molar-refractivity contribution >= 4 is 40.5 Å². The molecule has 0 saturated carbocycles. The van der Waals surface area contributed by atoms with Crippen LogP contribution < -0.4 is 5.73 Å². The number of carbonyl (C=O) groups excluding carboxylic acids is 2. The van der Waals surface area contributed by atoms with Crippen molar-refractivity contribution in [1.82, 2.24) is 15.1 Å². The molecular weight excluding hydrogens is 504 g/mol. The van der Waals surface area contributed by atoms with Crippen LogP contribution in [0.15, 0.2) is 96.7 Å². The average Bonchev–Trinajstić information content (AvgIpc) is 3.46. The first-order valence-corrected chi connectivity index (χ1v) is 13.6. The van der Waals surface area contributed by atoms with Crippen LogP contribution in [0.25, 0.3) is 16.1 Å². The van der Waals surface area contributed by atoms with Crippen LogP contribution >= 0.6 is 23.1 Å². The smallest absolute Gasteiger partial charge is 0.356 e. The molecule has 37 heavy (non-hydrogen) atoms. The molecule has 2 aliphatic rings. The Morgan fingerprint density at radius 1 is 0.892 bits per heavy atom. The predicted octanol–water partition coefficient (Wildman–Crippen LogP) is 4.49. The van der Waals surface area contributed by atoms with Gasteiger partial charge in [-0.05, 0) is 11.1 Å². The van der Waals surface area contributed by atoms with E-state index in [1.165, 1.54) is 28.0 Å². The molecule has 0 bridgehead atoms. The summed E-state index contributed by atoms with van der Waals surface area (Å²) in [7, 11) is 0. The van der Waals surface area contributed by atoms with Gasteiger partial charge in [-0.15, -0.1) is 22.0 Å². The SMILES string of the molecule is NC1C(=O)N2C(C(=O)OC(c3ccccc3)c3ccccc3)=C(c3nnc(-c4ccccc4)s3)CS[C@@H]12. The van der Waals surface area contributed by atoms with Gasteiger partial charge in [-0.1, -0.05) is 102 Å². The summed E-state index contributed by atoms with van der Waals surface area (Å²) < 4.78 is 6.16. The molecule has 0 radical (unpaired) electrons. The number of rotatable bonds is 6. The average molecular weight is 527 g/mol. The molecule has 3 heterocycles. The number of thioether (sulfide) groups is 1. The van der Waals surface area contributed by atoms with Crippen molar-refractivity contribution in [2.24, 2.45) is 5.73 Å². The number of amides is 1. The molecule has 2 aliphatic heterocycles. The van der Waals surface area contributed by atoms with Gasteiger partial charge in [0.05, 0.1) is 0 Å². The fourth-order valence-corrected chi connectivity index (χ4v) is 6.74. The van der Waals surface area contributed by atoms with E-state index in [4.69, 9.17) is 10.5 Å². The number of carbonyl (C=O) groups is 2. The molecule has 6 rings (SSSR count). The summed E-state index contributed by atoms with van der Waals surface area (Å²) >= 11 is 2.90. The lowest BCUT2D eigenvalue weighted by Crippen LogP contribution is -2.68. The van der Waals surface area contributed by atoms with Gasteiger partial charge < -0.3 is 10.5 Å². The van der Waals surface area contributed by atoms with Crippen molar-refractivity contribution in [2.75, 3.05) is 5.75 Å². The van der Waals surface area contributed by atoms with Crippen molar-refractivity contribution in [3.8, 4) is 10.6 Å². The fourth-order valence-electron chi connectivity index (χ4n) is 4.46. The van der Waals surface area contributed by atoms with Crippen molar-refractivity contribution in [3.05, 3.63) is 113 Å². The highest BCUT2D eigenvalue weighted by Crippen LogP contribution is 2.44. The van der Waals surface area contributed by atoms with Crippen LogP contribution in [0.1, 0.15) is 22.2 Å². The Bertz CT molecular complexity index is 1440. The lowest BCUT2D eigenvalue weighted by molar-refractivity contribution is -0.152. The molecule has 4 aromatic rings. The number of benzene rings is 3. The highest BCUT2D eigenvalue weighted by atomic mass is 32.2. The van der Waals surface area contributed by atoms with E-state index >= 15 is 0 Å². The fraction of sp³-hybridized carbons (Fsp3) is 0.143. The zero-order chi connectivity index (χ0) is 25.4. The van der Waals surface area contributed by atoms with Gasteiger partial charge in [-0.2, -0.15) is 0 Å². The molecule has 2 N–H and O–H groups in total. The van der Waals surface area contributed by atoms with E-state index in [9.17, 15) is 9.59 Å². The molecule has 9 heteroatoms. The highest BCUT2D eigenvalue weighted by Gasteiger charge is 2.53. The number of fused-ring (bicyclic) bond motifs is 1. The topological polar surface area (TPSA) is 98.4 Å². The molecule has 7 nitrogen and oxygen atoms in total. The van der Waals surface area contributed by atoms with Gasteiger partial charge in [-0.3, -0.25) is 9.69 Å². The Hall–Kier alpha value is -3.79. The zero-order valence-corrected chi connectivity index (χ0v) is 21.2. The maximum atomic E-state index is 13.9. The standard InChI is InChI=1S/C28H22N4O3S2/c29-21-26(33)32-22(28(34)35-23(17-10-4-1-5-11-17)18-12-6-2-7-13-18)20(16-36-27(21)32)25-31-30-24(37-25)19-14-8-3-9-15-19/h1-15,21,23,27H,16,29H2/t21?,27-/m0/s1. The Morgan fingerprint density at radius 3 is 2.08 bits per heavy atom. The Labute approximate surface area is 222 Å². The third kappa shape index (κ3) is 4.35. The van der Waals surface area contributed by atoms with Crippen LogP contribution in [0.3, 0.4) is 0 Å². The molecule has 1 saturated heterocycles. The minimum absolute atomic E-state index is 0.197. The van der Waals surface area contributed by atoms with Crippen molar-refractivity contribution in [3.63, 3.8) is 0 Å². The lowest BCUT2D eigenvalue weighted by atomic mass is 10.0. The molecule has 184 valence electrons. The Kier molecular flexibility index (Phi) is 6.33. The summed E-state index contributed by atoms with van der Waals surface area (Å²) in [5, 5.41) is 9.75. The Morgan fingerprint density at radius 2 is 1.46 bits per heavy atom. The first kappa shape index (κ1) is 23.6. The maximum absolute atomic E-state index is 13.9. The van der Waals surface area contributed by atoms with E-state index in [1.807, 2.05) is 91.0 Å². The van der Waals surface area contributed by atoms with Gasteiger partial charge in [-0.25, -0.2) is 4.79 Å². The van der Waals surface area contributed by atoms with Crippen molar-refractivity contribution < 1.29 is 14.3 Å². The molecule has 1 aromatic heterocycles. The number of nitrogens with two attached hydrogens (primary N) is 1. The summed E-state index contributed by atoms with van der Waals surface area (Å²) in [5.74, 6) is -0.419. The number of ether oxygens (including phenoxy) is 1. The zero-order valence-electron chi connectivity index (χ0n) is 19.6. The molecule has 1 fully saturated rings. The van der Waals surface area contributed by atoms with E-state index in [0.29, 0.717) is 16.3 Å². The van der Waals surface area contributed by atoms with E-state index in [0.717, 1.165) is 21.7 Å². The summed E-state index contributed by atoms with van der Waals surface area (Å²) in [4.78, 5) is 28.2. The minimum atomic E-state index is -0.650. The molecule has 1 unspecified atom stereocenters. The highest BCUT2D eigenvalue weighted by molar-refractivity contribution is 8.00. The largest absolute Gasteiger partial charge is 0.448 e. The van der Waals surface area contributed by atoms with Crippen molar-refractivity contribution in [2.45, 2.75) is 17.5 Å². The van der Waals surface area contributed by atoms with E-state index in [2.05, 4.69) is 10.2 Å². The number of hydrogen-bond acceptors (Lipinski definition) is 8. The molecular formula is C28H22N4O3S2. The first-order valence-electron chi connectivity index (χ1n) is 11.8. The summed E-state index contributed by atoms with van der Waals surface area (Å²) in [6.07, 6.45) is -0.643. The normalized spacial score (nSPS) is 19.0. The number of hydrogen-bond donors (Lipinski definition) is 1. The number of β-lactam (4-membered cyclic amide) rings is 1. The lowest BCUT2D eigenvalue weighted by Gasteiger charge is -2.48. The van der Waals surface area contributed by atoms with Gasteiger partial charge in [0.2, 0.25) is 5.91 Å². The molecule has 1 amide bonds. The minimum Gasteiger partial charge on any atom is -0.448 e. The predicted molar refractivity (Wildman–Crippen MR) is 144 cm³/mol. The quantitative estimate of drug-likeness (QED) is 0.292. The molecule has 0 aliphatic carbocycles. The molecule has 3 aromatic carbocycles. The summed E-state index contributed by atoms with van der Waals surface area (Å²) in [6, 6.07) is 28.2. The maximum Gasteiger partial charge on any atom is 0.356 e. The second kappa shape index (κ2) is 9.93.